The normalized spacial score (nSPS) is 10.7. The van der Waals surface area contributed by atoms with E-state index in [1.165, 1.54) is 16.8 Å². The third kappa shape index (κ3) is 3.62. The standard InChI is InChI=1S/C20H23N3/c1-3-22(20-11-13-21-14-12-20)23-15-5-8-19(23)10-9-18-7-4-6-17(2)16-18/h4-8,11-16H,3,9-10H2,1-2H3. The minimum atomic E-state index is 0.913. The lowest BCUT2D eigenvalue weighted by Gasteiger charge is -2.26. The van der Waals surface area contributed by atoms with Gasteiger partial charge in [0.15, 0.2) is 0 Å². The molecule has 0 radical (unpaired) electrons. The SMILES string of the molecule is CCN(c1ccncc1)n1cccc1CCc1cccc(C)c1. The van der Waals surface area contributed by atoms with Gasteiger partial charge in [0.1, 0.15) is 0 Å². The van der Waals surface area contributed by atoms with Gasteiger partial charge < -0.3 is 0 Å². The van der Waals surface area contributed by atoms with Gasteiger partial charge in [-0.3, -0.25) is 14.7 Å². The zero-order valence-electron chi connectivity index (χ0n) is 13.8. The van der Waals surface area contributed by atoms with Gasteiger partial charge in [-0.05, 0) is 56.5 Å². The van der Waals surface area contributed by atoms with Crippen LogP contribution in [-0.4, -0.2) is 16.2 Å². The molecule has 0 saturated carbocycles. The number of aromatic nitrogens is 2. The quantitative estimate of drug-likeness (QED) is 0.678. The van der Waals surface area contributed by atoms with E-state index in [4.69, 9.17) is 0 Å². The van der Waals surface area contributed by atoms with Crippen molar-refractivity contribution < 1.29 is 0 Å². The average molecular weight is 305 g/mol. The lowest BCUT2D eigenvalue weighted by atomic mass is 10.1. The number of benzene rings is 1. The molecule has 3 rings (SSSR count). The van der Waals surface area contributed by atoms with E-state index in [0.29, 0.717) is 0 Å². The predicted octanol–water partition coefficient (Wildman–Crippen LogP) is 4.27. The number of pyridine rings is 1. The largest absolute Gasteiger partial charge is 0.282 e. The van der Waals surface area contributed by atoms with Crippen molar-refractivity contribution in [2.24, 2.45) is 0 Å². The van der Waals surface area contributed by atoms with E-state index in [1.807, 2.05) is 24.5 Å². The van der Waals surface area contributed by atoms with Gasteiger partial charge in [0.05, 0.1) is 5.69 Å². The van der Waals surface area contributed by atoms with Gasteiger partial charge in [-0.25, -0.2) is 0 Å². The fraction of sp³-hybridized carbons (Fsp3) is 0.250. The van der Waals surface area contributed by atoms with E-state index in [2.05, 4.69) is 71.1 Å². The molecule has 0 fully saturated rings. The monoisotopic (exact) mass is 305 g/mol. The maximum absolute atomic E-state index is 4.11. The molecule has 3 heteroatoms. The summed E-state index contributed by atoms with van der Waals surface area (Å²) < 4.78 is 2.26. The number of hydrogen-bond acceptors (Lipinski definition) is 2. The fourth-order valence-corrected chi connectivity index (χ4v) is 2.96. The Balaban J connectivity index is 1.79. The van der Waals surface area contributed by atoms with Crippen molar-refractivity contribution in [3.63, 3.8) is 0 Å². The second-order valence-electron chi connectivity index (χ2n) is 5.75. The molecule has 0 aliphatic rings. The van der Waals surface area contributed by atoms with E-state index in [-0.39, 0.29) is 0 Å². The number of rotatable bonds is 6. The molecule has 0 aliphatic carbocycles. The van der Waals surface area contributed by atoms with Gasteiger partial charge in [0.25, 0.3) is 0 Å². The highest BCUT2D eigenvalue weighted by Crippen LogP contribution is 2.17. The number of nitrogens with zero attached hydrogens (tertiary/aromatic N) is 3. The first-order valence-corrected chi connectivity index (χ1v) is 8.17. The highest BCUT2D eigenvalue weighted by Gasteiger charge is 2.10. The van der Waals surface area contributed by atoms with Gasteiger partial charge >= 0.3 is 0 Å². The zero-order valence-corrected chi connectivity index (χ0v) is 13.8. The van der Waals surface area contributed by atoms with Gasteiger partial charge in [-0.15, -0.1) is 0 Å². The van der Waals surface area contributed by atoms with Crippen LogP contribution in [0.3, 0.4) is 0 Å². The van der Waals surface area contributed by atoms with Gasteiger partial charge in [-0.2, -0.15) is 0 Å². The van der Waals surface area contributed by atoms with Crippen LogP contribution in [0.1, 0.15) is 23.7 Å². The van der Waals surface area contributed by atoms with E-state index in [9.17, 15) is 0 Å². The molecule has 2 heterocycles. The highest BCUT2D eigenvalue weighted by atomic mass is 15.5. The summed E-state index contributed by atoms with van der Waals surface area (Å²) >= 11 is 0. The molecule has 0 aliphatic heterocycles. The van der Waals surface area contributed by atoms with E-state index in [1.54, 1.807) is 0 Å². The van der Waals surface area contributed by atoms with E-state index >= 15 is 0 Å². The minimum absolute atomic E-state index is 0.913. The summed E-state index contributed by atoms with van der Waals surface area (Å²) in [5.41, 5.74) is 5.20. The first kappa shape index (κ1) is 15.3. The van der Waals surface area contributed by atoms with Crippen molar-refractivity contribution in [1.82, 2.24) is 9.66 Å². The summed E-state index contributed by atoms with van der Waals surface area (Å²) in [5, 5.41) is 2.27. The molecule has 3 nitrogen and oxygen atoms in total. The Bertz CT molecular complexity index is 746. The summed E-state index contributed by atoms with van der Waals surface area (Å²) in [4.78, 5) is 4.11. The summed E-state index contributed by atoms with van der Waals surface area (Å²) in [5.74, 6) is 0. The number of aryl methyl sites for hydroxylation is 3. The second-order valence-corrected chi connectivity index (χ2v) is 5.75. The maximum Gasteiger partial charge on any atom is 0.0608 e. The molecule has 3 aromatic rings. The molecule has 2 aromatic heterocycles. The van der Waals surface area contributed by atoms with Crippen LogP contribution in [0.5, 0.6) is 0 Å². The second kappa shape index (κ2) is 7.14. The molecule has 0 atom stereocenters. The summed E-state index contributed by atoms with van der Waals surface area (Å²) in [6, 6.07) is 17.2. The molecule has 0 spiro atoms. The van der Waals surface area contributed by atoms with E-state index in [0.717, 1.165) is 25.1 Å². The lowest BCUT2D eigenvalue weighted by Crippen LogP contribution is -2.30. The first-order chi connectivity index (χ1) is 11.3. The van der Waals surface area contributed by atoms with Crippen LogP contribution >= 0.6 is 0 Å². The molecule has 0 unspecified atom stereocenters. The summed E-state index contributed by atoms with van der Waals surface area (Å²) in [7, 11) is 0. The Hall–Kier alpha value is -2.55. The highest BCUT2D eigenvalue weighted by molar-refractivity contribution is 5.44. The van der Waals surface area contributed by atoms with Gasteiger partial charge in [0, 0.05) is 30.8 Å². The predicted molar refractivity (Wildman–Crippen MR) is 95.7 cm³/mol. The van der Waals surface area contributed by atoms with Crippen LogP contribution in [0.4, 0.5) is 5.69 Å². The van der Waals surface area contributed by atoms with Crippen LogP contribution in [0.25, 0.3) is 0 Å². The van der Waals surface area contributed by atoms with Gasteiger partial charge in [0.2, 0.25) is 0 Å². The Morgan fingerprint density at radius 1 is 1.00 bits per heavy atom. The fourth-order valence-electron chi connectivity index (χ4n) is 2.96. The lowest BCUT2D eigenvalue weighted by molar-refractivity contribution is 0.672. The van der Waals surface area contributed by atoms with Crippen molar-refractivity contribution in [1.29, 1.82) is 0 Å². The molecular formula is C20H23N3. The Morgan fingerprint density at radius 3 is 2.57 bits per heavy atom. The maximum atomic E-state index is 4.11. The molecule has 0 amide bonds. The van der Waals surface area contributed by atoms with Crippen LogP contribution in [0, 0.1) is 6.92 Å². The molecule has 23 heavy (non-hydrogen) atoms. The van der Waals surface area contributed by atoms with Crippen LogP contribution < -0.4 is 5.01 Å². The Labute approximate surface area is 138 Å². The Morgan fingerprint density at radius 2 is 1.83 bits per heavy atom. The van der Waals surface area contributed by atoms with Crippen LogP contribution in [-0.2, 0) is 12.8 Å². The number of anilines is 1. The van der Waals surface area contributed by atoms with Crippen molar-refractivity contribution in [2.75, 3.05) is 11.6 Å². The molecule has 0 bridgehead atoms. The third-order valence-electron chi connectivity index (χ3n) is 4.08. The van der Waals surface area contributed by atoms with Crippen molar-refractivity contribution in [3.05, 3.63) is 83.9 Å². The third-order valence-corrected chi connectivity index (χ3v) is 4.08. The first-order valence-electron chi connectivity index (χ1n) is 8.17. The molecule has 0 N–H and O–H groups in total. The molecular weight excluding hydrogens is 282 g/mol. The summed E-state index contributed by atoms with van der Waals surface area (Å²) in [6.07, 6.45) is 7.90. The zero-order chi connectivity index (χ0) is 16.1. The van der Waals surface area contributed by atoms with Crippen molar-refractivity contribution in [2.45, 2.75) is 26.7 Å². The van der Waals surface area contributed by atoms with E-state index < -0.39 is 0 Å². The topological polar surface area (TPSA) is 21.1 Å². The van der Waals surface area contributed by atoms with Crippen molar-refractivity contribution in [3.8, 4) is 0 Å². The van der Waals surface area contributed by atoms with Crippen molar-refractivity contribution >= 4 is 5.69 Å². The Kier molecular flexibility index (Phi) is 4.77. The smallest absolute Gasteiger partial charge is 0.0608 e. The van der Waals surface area contributed by atoms with Gasteiger partial charge in [-0.1, -0.05) is 29.8 Å². The molecule has 1 aromatic carbocycles. The summed E-state index contributed by atoms with van der Waals surface area (Å²) in [6.45, 7) is 5.23. The van der Waals surface area contributed by atoms with Crippen LogP contribution in [0.15, 0.2) is 67.1 Å². The molecule has 118 valence electrons. The number of hydrogen-bond donors (Lipinski definition) is 0. The average Bonchev–Trinajstić information content (AvgIpc) is 3.03. The van der Waals surface area contributed by atoms with Crippen LogP contribution in [0.2, 0.25) is 0 Å². The molecule has 0 saturated heterocycles. The minimum Gasteiger partial charge on any atom is -0.282 e.